The zero-order chi connectivity index (χ0) is 25.4. The lowest BCUT2D eigenvalue weighted by Crippen LogP contribution is -2.21. The van der Waals surface area contributed by atoms with Gasteiger partial charge in [0.1, 0.15) is 24.3 Å². The van der Waals surface area contributed by atoms with Gasteiger partial charge in [-0.1, -0.05) is 24.3 Å². The van der Waals surface area contributed by atoms with Crippen molar-refractivity contribution >= 4 is 12.0 Å². The van der Waals surface area contributed by atoms with E-state index in [4.69, 9.17) is 20.9 Å². The Hall–Kier alpha value is -3.44. The summed E-state index contributed by atoms with van der Waals surface area (Å²) in [6, 6.07) is 9.84. The van der Waals surface area contributed by atoms with Gasteiger partial charge < -0.3 is 20.9 Å². The molecule has 1 unspecified atom stereocenters. The molecule has 0 spiro atoms. The van der Waals surface area contributed by atoms with Crippen LogP contribution in [0.2, 0.25) is 0 Å². The van der Waals surface area contributed by atoms with E-state index < -0.39 is 34.6 Å². The van der Waals surface area contributed by atoms with Crippen molar-refractivity contribution in [2.45, 2.75) is 37.3 Å². The van der Waals surface area contributed by atoms with Crippen molar-refractivity contribution in [3.63, 3.8) is 0 Å². The maximum atomic E-state index is 12.4. The number of ether oxygens (including phenoxy) is 2. The van der Waals surface area contributed by atoms with E-state index in [9.17, 15) is 26.3 Å². The summed E-state index contributed by atoms with van der Waals surface area (Å²) in [4.78, 5) is 8.15. The van der Waals surface area contributed by atoms with Crippen molar-refractivity contribution in [3.05, 3.63) is 70.8 Å². The average Bonchev–Trinajstić information content (AvgIpc) is 3.29. The van der Waals surface area contributed by atoms with Crippen LogP contribution in [-0.2, 0) is 32.9 Å². The van der Waals surface area contributed by atoms with Gasteiger partial charge in [-0.05, 0) is 49.2 Å². The van der Waals surface area contributed by atoms with E-state index in [2.05, 4.69) is 9.98 Å². The van der Waals surface area contributed by atoms with Crippen LogP contribution in [0, 0.1) is 0 Å². The molecule has 0 saturated heterocycles. The van der Waals surface area contributed by atoms with Gasteiger partial charge in [0.15, 0.2) is 0 Å². The average molecular weight is 488 g/mol. The lowest BCUT2D eigenvalue weighted by atomic mass is 9.93. The van der Waals surface area contributed by atoms with E-state index in [1.54, 1.807) is 13.8 Å². The van der Waals surface area contributed by atoms with E-state index >= 15 is 0 Å². The number of amidine groups is 2. The summed E-state index contributed by atoms with van der Waals surface area (Å²) in [5.74, 6) is 0. The summed E-state index contributed by atoms with van der Waals surface area (Å²) in [6.45, 7) is 4.00. The molecular formula is C22H22F6N4O2. The molecule has 2 atom stereocenters. The second kappa shape index (κ2) is 8.73. The molecule has 184 valence electrons. The standard InChI is InChI=1S/2C11H11F3N2O/c2*1-10(6-17-9(15)16-10)7-2-4-8(5-3-7)11(12,13)14/h2*2-5H,6H2,1H3,(H2,15,16)/t10-;/m1./s1. The third kappa shape index (κ3) is 5.54. The van der Waals surface area contributed by atoms with Crippen molar-refractivity contribution in [3.8, 4) is 0 Å². The summed E-state index contributed by atoms with van der Waals surface area (Å²) in [6.07, 6.45) is -8.65. The SMILES string of the molecule is CC1(c2ccc(C(F)(F)F)cc2)COC(N)=N1.C[C@]1(c2ccc(C(F)(F)F)cc2)COC(N)=N1. The van der Waals surface area contributed by atoms with Gasteiger partial charge in [-0.25, -0.2) is 9.98 Å². The summed E-state index contributed by atoms with van der Waals surface area (Å²) in [5.41, 5.74) is 9.32. The van der Waals surface area contributed by atoms with E-state index in [0.29, 0.717) is 11.1 Å². The second-order valence-corrected chi connectivity index (χ2v) is 8.18. The van der Waals surface area contributed by atoms with Crippen LogP contribution in [0.25, 0.3) is 0 Å². The molecule has 2 aliphatic rings. The van der Waals surface area contributed by atoms with Crippen LogP contribution in [0.3, 0.4) is 0 Å². The first-order chi connectivity index (χ1) is 15.6. The zero-order valence-electron chi connectivity index (χ0n) is 18.2. The normalized spacial score (nSPS) is 24.4. The third-order valence-electron chi connectivity index (χ3n) is 5.38. The van der Waals surface area contributed by atoms with E-state index in [1.165, 1.54) is 24.3 Å². The highest BCUT2D eigenvalue weighted by molar-refractivity contribution is 5.74. The van der Waals surface area contributed by atoms with Crippen LogP contribution in [-0.4, -0.2) is 25.3 Å². The van der Waals surface area contributed by atoms with Gasteiger partial charge in [-0.2, -0.15) is 26.3 Å². The van der Waals surface area contributed by atoms with Crippen molar-refractivity contribution in [2.24, 2.45) is 21.5 Å². The number of nitrogens with zero attached hydrogens (tertiary/aromatic N) is 2. The summed E-state index contributed by atoms with van der Waals surface area (Å²) in [7, 11) is 0. The number of aliphatic imine (C=N–C) groups is 2. The van der Waals surface area contributed by atoms with Crippen LogP contribution in [0.5, 0.6) is 0 Å². The predicted octanol–water partition coefficient (Wildman–Crippen LogP) is 4.53. The zero-order valence-corrected chi connectivity index (χ0v) is 18.2. The largest absolute Gasteiger partial charge is 0.462 e. The number of halogens is 6. The van der Waals surface area contributed by atoms with Crippen LogP contribution >= 0.6 is 0 Å². The molecule has 0 radical (unpaired) electrons. The quantitative estimate of drug-likeness (QED) is 0.608. The molecule has 34 heavy (non-hydrogen) atoms. The molecule has 0 bridgehead atoms. The molecule has 0 fully saturated rings. The summed E-state index contributed by atoms with van der Waals surface area (Å²) in [5, 5.41) is 0. The monoisotopic (exact) mass is 488 g/mol. The van der Waals surface area contributed by atoms with Gasteiger partial charge in [-0.3, -0.25) is 0 Å². The van der Waals surface area contributed by atoms with Gasteiger partial charge in [0.2, 0.25) is 0 Å². The minimum absolute atomic E-state index is 0.0624. The molecule has 0 saturated carbocycles. The van der Waals surface area contributed by atoms with Crippen molar-refractivity contribution in [2.75, 3.05) is 13.2 Å². The van der Waals surface area contributed by atoms with Crippen LogP contribution in [0.4, 0.5) is 26.3 Å². The van der Waals surface area contributed by atoms with Crippen LogP contribution in [0.15, 0.2) is 58.5 Å². The molecule has 2 heterocycles. The Morgan fingerprint density at radius 1 is 0.647 bits per heavy atom. The smallest absolute Gasteiger partial charge is 0.416 e. The Kier molecular flexibility index (Phi) is 6.47. The minimum atomic E-state index is -4.33. The van der Waals surface area contributed by atoms with Gasteiger partial charge in [-0.15, -0.1) is 0 Å². The van der Waals surface area contributed by atoms with Gasteiger partial charge >= 0.3 is 12.4 Å². The van der Waals surface area contributed by atoms with Crippen LogP contribution in [0.1, 0.15) is 36.1 Å². The molecule has 4 N–H and O–H groups in total. The number of alkyl halides is 6. The number of hydrogen-bond donors (Lipinski definition) is 2. The Morgan fingerprint density at radius 2 is 0.941 bits per heavy atom. The number of hydrogen-bond acceptors (Lipinski definition) is 6. The predicted molar refractivity (Wildman–Crippen MR) is 113 cm³/mol. The molecule has 12 heteroatoms. The van der Waals surface area contributed by atoms with Crippen LogP contribution < -0.4 is 11.5 Å². The Bertz CT molecular complexity index is 993. The Labute approximate surface area is 191 Å². The van der Waals surface area contributed by atoms with Gasteiger partial charge in [0.05, 0.1) is 11.1 Å². The maximum absolute atomic E-state index is 12.4. The number of rotatable bonds is 2. The van der Waals surface area contributed by atoms with E-state index in [0.717, 1.165) is 24.3 Å². The van der Waals surface area contributed by atoms with E-state index in [1.807, 2.05) is 0 Å². The molecule has 0 aromatic heterocycles. The Balaban J connectivity index is 0.000000191. The fourth-order valence-corrected chi connectivity index (χ4v) is 3.38. The van der Waals surface area contributed by atoms with Crippen molar-refractivity contribution in [1.82, 2.24) is 0 Å². The third-order valence-corrected chi connectivity index (χ3v) is 5.38. The lowest BCUT2D eigenvalue weighted by molar-refractivity contribution is -0.138. The van der Waals surface area contributed by atoms with Crippen molar-refractivity contribution in [1.29, 1.82) is 0 Å². The summed E-state index contributed by atoms with van der Waals surface area (Å²) >= 11 is 0. The van der Waals surface area contributed by atoms with Gasteiger partial charge in [0, 0.05) is 0 Å². The molecule has 2 aromatic carbocycles. The molecule has 2 aliphatic heterocycles. The molecule has 6 nitrogen and oxygen atoms in total. The number of nitrogens with two attached hydrogens (primary N) is 2. The first-order valence-corrected chi connectivity index (χ1v) is 9.94. The molecule has 0 amide bonds. The highest BCUT2D eigenvalue weighted by Crippen LogP contribution is 2.35. The topological polar surface area (TPSA) is 95.2 Å². The first-order valence-electron chi connectivity index (χ1n) is 9.94. The number of benzene rings is 2. The lowest BCUT2D eigenvalue weighted by Gasteiger charge is -2.19. The minimum Gasteiger partial charge on any atom is -0.462 e. The highest BCUT2D eigenvalue weighted by atomic mass is 19.4. The maximum Gasteiger partial charge on any atom is 0.416 e. The van der Waals surface area contributed by atoms with Crippen molar-refractivity contribution < 1.29 is 35.8 Å². The fraction of sp³-hybridized carbons (Fsp3) is 0.364. The second-order valence-electron chi connectivity index (χ2n) is 8.18. The highest BCUT2D eigenvalue weighted by Gasteiger charge is 2.36. The first kappa shape index (κ1) is 25.2. The molecule has 2 aromatic rings. The molecule has 0 aliphatic carbocycles. The fourth-order valence-electron chi connectivity index (χ4n) is 3.38. The Morgan fingerprint density at radius 3 is 1.15 bits per heavy atom. The summed E-state index contributed by atoms with van der Waals surface area (Å²) < 4.78 is 84.3. The van der Waals surface area contributed by atoms with E-state index in [-0.39, 0.29) is 25.3 Å². The van der Waals surface area contributed by atoms with Gasteiger partial charge in [0.25, 0.3) is 12.0 Å². The molecule has 4 rings (SSSR count). The molecular weight excluding hydrogens is 466 g/mol.